The van der Waals surface area contributed by atoms with Gasteiger partial charge in [0.05, 0.1) is 12.7 Å². The number of aldehydes is 1. The minimum atomic E-state index is -4.64. The van der Waals surface area contributed by atoms with E-state index in [0.29, 0.717) is 0 Å². The van der Waals surface area contributed by atoms with Crippen LogP contribution in [0.4, 0.5) is 13.2 Å². The zero-order valence-electron chi connectivity index (χ0n) is 12.8. The third-order valence-electron chi connectivity index (χ3n) is 3.84. The lowest BCUT2D eigenvalue weighted by atomic mass is 9.91. The lowest BCUT2D eigenvalue weighted by Gasteiger charge is -2.40. The molecule has 9 heteroatoms. The molecule has 0 aromatic heterocycles. The number of benzene rings is 1. The van der Waals surface area contributed by atoms with Gasteiger partial charge in [-0.05, 0) is 34.5 Å². The molecule has 1 aromatic rings. The highest BCUT2D eigenvalue weighted by atomic mass is 79.9. The molecule has 0 unspecified atom stereocenters. The highest BCUT2D eigenvalue weighted by Crippen LogP contribution is 2.35. The number of methoxy groups -OCH3 is 1. The molecule has 2 aliphatic heterocycles. The minimum Gasteiger partial charge on any atom is -0.496 e. The van der Waals surface area contributed by atoms with Crippen LogP contribution in [0, 0.1) is 0 Å². The van der Waals surface area contributed by atoms with Gasteiger partial charge in [0.25, 0.3) is 5.91 Å². The predicted octanol–water partition coefficient (Wildman–Crippen LogP) is 2.18. The summed E-state index contributed by atoms with van der Waals surface area (Å²) in [5.74, 6) is 0.931. The lowest BCUT2D eigenvalue weighted by molar-refractivity contribution is -0.156. The lowest BCUT2D eigenvalue weighted by Crippen LogP contribution is -2.56. The Labute approximate surface area is 145 Å². The normalized spacial score (nSPS) is 19.6. The van der Waals surface area contributed by atoms with Crippen LogP contribution >= 0.6 is 15.9 Å². The standard InChI is InChI=1S/C13H15BrN2O2.C2HF3O/c1-18-11-3-2-10(14)12-9(11)6-8-7-15-4-5-16(8)13(12)17;3-2(4,5)1-6/h2-3,8,15H,4-7H2,1H3;1H/t8-;/m1./s1. The number of fused-ring (bicyclic) bond motifs is 2. The number of nitrogens with zero attached hydrogens (tertiary/aromatic N) is 1. The SMILES string of the molecule is COc1ccc(Br)c2c1C[C@@H]1CNCCN1C2=O.O=CC(F)(F)F. The van der Waals surface area contributed by atoms with Crippen molar-refractivity contribution in [1.82, 2.24) is 10.2 Å². The van der Waals surface area contributed by atoms with Crippen molar-refractivity contribution in [2.24, 2.45) is 0 Å². The Kier molecular flexibility index (Phi) is 5.87. The first-order valence-corrected chi connectivity index (χ1v) is 7.98. The Morgan fingerprint density at radius 3 is 2.67 bits per heavy atom. The molecule has 1 aromatic carbocycles. The van der Waals surface area contributed by atoms with E-state index in [4.69, 9.17) is 9.53 Å². The van der Waals surface area contributed by atoms with Crippen molar-refractivity contribution < 1.29 is 27.5 Å². The van der Waals surface area contributed by atoms with Gasteiger partial charge in [0, 0.05) is 35.7 Å². The summed E-state index contributed by atoms with van der Waals surface area (Å²) in [4.78, 5) is 23.2. The van der Waals surface area contributed by atoms with Gasteiger partial charge in [-0.15, -0.1) is 0 Å². The molecule has 1 atom stereocenters. The summed E-state index contributed by atoms with van der Waals surface area (Å²) < 4.78 is 37.5. The van der Waals surface area contributed by atoms with E-state index in [1.807, 2.05) is 17.0 Å². The van der Waals surface area contributed by atoms with Crippen molar-refractivity contribution in [3.63, 3.8) is 0 Å². The molecule has 0 saturated carbocycles. The van der Waals surface area contributed by atoms with Crippen LogP contribution in [0.1, 0.15) is 15.9 Å². The summed E-state index contributed by atoms with van der Waals surface area (Å²) in [5.41, 5.74) is 1.80. The molecule has 5 nitrogen and oxygen atoms in total. The fourth-order valence-electron chi connectivity index (χ4n) is 2.82. The molecule has 2 heterocycles. The van der Waals surface area contributed by atoms with Crippen molar-refractivity contribution >= 4 is 28.1 Å². The van der Waals surface area contributed by atoms with Gasteiger partial charge in [-0.2, -0.15) is 13.2 Å². The number of hydrogen-bond donors (Lipinski definition) is 1. The maximum absolute atomic E-state index is 12.6. The molecule has 3 rings (SSSR count). The van der Waals surface area contributed by atoms with Crippen molar-refractivity contribution in [3.05, 3.63) is 27.7 Å². The summed E-state index contributed by atoms with van der Waals surface area (Å²) in [6.45, 7) is 2.52. The summed E-state index contributed by atoms with van der Waals surface area (Å²) in [5, 5.41) is 3.34. The zero-order chi connectivity index (χ0) is 17.9. The zero-order valence-corrected chi connectivity index (χ0v) is 14.4. The number of rotatable bonds is 1. The second-order valence-corrected chi connectivity index (χ2v) is 6.18. The van der Waals surface area contributed by atoms with E-state index in [9.17, 15) is 18.0 Å². The maximum atomic E-state index is 12.6. The van der Waals surface area contributed by atoms with Gasteiger partial charge in [-0.3, -0.25) is 9.59 Å². The van der Waals surface area contributed by atoms with Crippen LogP contribution in [0.15, 0.2) is 16.6 Å². The first-order valence-electron chi connectivity index (χ1n) is 7.18. The molecule has 1 amide bonds. The van der Waals surface area contributed by atoms with E-state index in [1.54, 1.807) is 7.11 Å². The second kappa shape index (κ2) is 7.52. The second-order valence-electron chi connectivity index (χ2n) is 5.32. The van der Waals surface area contributed by atoms with Gasteiger partial charge >= 0.3 is 6.18 Å². The molecule has 2 aliphatic rings. The molecular formula is C15H16BrF3N2O3. The molecular weight excluding hydrogens is 393 g/mol. The summed E-state index contributed by atoms with van der Waals surface area (Å²) in [6, 6.07) is 4.06. The average Bonchev–Trinajstić information content (AvgIpc) is 2.55. The minimum absolute atomic E-state index is 0.119. The van der Waals surface area contributed by atoms with Crippen LogP contribution in [0.5, 0.6) is 5.75 Å². The highest BCUT2D eigenvalue weighted by Gasteiger charge is 2.36. The number of nitrogens with one attached hydrogen (secondary N) is 1. The van der Waals surface area contributed by atoms with E-state index >= 15 is 0 Å². The molecule has 24 heavy (non-hydrogen) atoms. The van der Waals surface area contributed by atoms with Crippen LogP contribution in [0.3, 0.4) is 0 Å². The average molecular weight is 409 g/mol. The Hall–Kier alpha value is -1.61. The van der Waals surface area contributed by atoms with Crippen LogP contribution in [-0.4, -0.2) is 56.1 Å². The highest BCUT2D eigenvalue weighted by molar-refractivity contribution is 9.10. The third-order valence-corrected chi connectivity index (χ3v) is 4.50. The first-order chi connectivity index (χ1) is 11.3. The molecule has 1 N–H and O–H groups in total. The van der Waals surface area contributed by atoms with Gasteiger partial charge in [0.1, 0.15) is 5.75 Å². The summed E-state index contributed by atoms with van der Waals surface area (Å²) >= 11 is 3.48. The van der Waals surface area contributed by atoms with Crippen molar-refractivity contribution in [1.29, 1.82) is 0 Å². The fraction of sp³-hybridized carbons (Fsp3) is 0.467. The number of halogens is 4. The number of hydrogen-bond acceptors (Lipinski definition) is 4. The predicted molar refractivity (Wildman–Crippen MR) is 84.2 cm³/mol. The number of carbonyl (C=O) groups is 2. The molecule has 0 aliphatic carbocycles. The van der Waals surface area contributed by atoms with E-state index in [2.05, 4.69) is 21.2 Å². The Balaban J connectivity index is 0.000000301. The maximum Gasteiger partial charge on any atom is 0.446 e. The molecule has 1 saturated heterocycles. The fourth-order valence-corrected chi connectivity index (χ4v) is 3.36. The summed E-state index contributed by atoms with van der Waals surface area (Å²) in [6.07, 6.45) is -4.84. The van der Waals surface area contributed by atoms with Crippen molar-refractivity contribution in [2.75, 3.05) is 26.7 Å². The van der Waals surface area contributed by atoms with Crippen molar-refractivity contribution in [2.45, 2.75) is 18.6 Å². The summed E-state index contributed by atoms with van der Waals surface area (Å²) in [7, 11) is 1.65. The Morgan fingerprint density at radius 2 is 2.08 bits per heavy atom. The number of ether oxygens (including phenoxy) is 1. The monoisotopic (exact) mass is 408 g/mol. The third kappa shape index (κ3) is 4.07. The molecule has 0 spiro atoms. The quantitative estimate of drug-likeness (QED) is 0.723. The number of alkyl halides is 3. The van der Waals surface area contributed by atoms with Gasteiger partial charge < -0.3 is 15.0 Å². The van der Waals surface area contributed by atoms with Gasteiger partial charge in [0.15, 0.2) is 0 Å². The van der Waals surface area contributed by atoms with Gasteiger partial charge in [0.2, 0.25) is 6.29 Å². The molecule has 0 bridgehead atoms. The van der Waals surface area contributed by atoms with Gasteiger partial charge in [-0.25, -0.2) is 0 Å². The van der Waals surface area contributed by atoms with Crippen LogP contribution in [0.25, 0.3) is 0 Å². The topological polar surface area (TPSA) is 58.6 Å². The van der Waals surface area contributed by atoms with E-state index in [0.717, 1.165) is 47.4 Å². The van der Waals surface area contributed by atoms with Gasteiger partial charge in [-0.1, -0.05) is 0 Å². The molecule has 1 fully saturated rings. The number of carbonyl (C=O) groups excluding carboxylic acids is 2. The molecule has 132 valence electrons. The Morgan fingerprint density at radius 1 is 1.42 bits per heavy atom. The van der Waals surface area contributed by atoms with Crippen LogP contribution in [0.2, 0.25) is 0 Å². The van der Waals surface area contributed by atoms with Crippen LogP contribution in [-0.2, 0) is 11.2 Å². The number of piperazine rings is 1. The number of amides is 1. The largest absolute Gasteiger partial charge is 0.496 e. The van der Waals surface area contributed by atoms with Crippen LogP contribution < -0.4 is 10.1 Å². The smallest absolute Gasteiger partial charge is 0.446 e. The van der Waals surface area contributed by atoms with E-state index in [1.165, 1.54) is 0 Å². The van der Waals surface area contributed by atoms with E-state index < -0.39 is 12.5 Å². The van der Waals surface area contributed by atoms with Crippen molar-refractivity contribution in [3.8, 4) is 5.75 Å². The molecule has 0 radical (unpaired) electrons. The first kappa shape index (κ1) is 18.7. The Bertz CT molecular complexity index is 637. The van der Waals surface area contributed by atoms with E-state index in [-0.39, 0.29) is 11.9 Å².